The minimum Gasteiger partial charge on any atom is -0.280 e. The van der Waals surface area contributed by atoms with Gasteiger partial charge >= 0.3 is 0 Å². The van der Waals surface area contributed by atoms with Crippen molar-refractivity contribution in [3.8, 4) is 0 Å². The number of thiol groups is 1. The number of aryl methyl sites for hydroxylation is 1. The van der Waals surface area contributed by atoms with Crippen LogP contribution in [0.5, 0.6) is 0 Å². The van der Waals surface area contributed by atoms with Gasteiger partial charge in [-0.05, 0) is 24.6 Å². The Bertz CT molecular complexity index is 282. The van der Waals surface area contributed by atoms with E-state index >= 15 is 0 Å². The molecule has 0 aliphatic rings. The molecular formula is C6H5ClN2OS. The number of halogens is 1. The number of hydrogen-bond acceptors (Lipinski definition) is 3. The van der Waals surface area contributed by atoms with Crippen molar-refractivity contribution >= 4 is 29.3 Å². The third-order valence-electron chi connectivity index (χ3n) is 1.05. The van der Waals surface area contributed by atoms with Crippen molar-refractivity contribution in [1.29, 1.82) is 0 Å². The first-order valence-corrected chi connectivity index (χ1v) is 3.66. The average Bonchev–Trinajstić information content (AvgIpc) is 1.85. The molecule has 0 saturated heterocycles. The lowest BCUT2D eigenvalue weighted by atomic mass is 10.3. The minimum atomic E-state index is -0.405. The Hall–Kier alpha value is -0.610. The molecule has 0 aromatic carbocycles. The average molecular weight is 189 g/mol. The predicted octanol–water partition coefficient (Wildman–Crippen LogP) is 1.51. The monoisotopic (exact) mass is 188 g/mol. The lowest BCUT2D eigenvalue weighted by Crippen LogP contribution is -1.97. The molecule has 1 rings (SSSR count). The highest BCUT2D eigenvalue weighted by Crippen LogP contribution is 2.06. The molecule has 0 aliphatic carbocycles. The molecule has 0 bridgehead atoms. The fourth-order valence-corrected chi connectivity index (χ4v) is 0.981. The van der Waals surface area contributed by atoms with E-state index in [9.17, 15) is 4.79 Å². The van der Waals surface area contributed by atoms with Crippen LogP contribution >= 0.6 is 24.2 Å². The summed E-state index contributed by atoms with van der Waals surface area (Å²) in [6, 6.07) is 1.53. The first-order chi connectivity index (χ1) is 5.09. The molecule has 0 aliphatic heterocycles. The fourth-order valence-electron chi connectivity index (χ4n) is 0.642. The summed E-state index contributed by atoms with van der Waals surface area (Å²) in [6.45, 7) is 1.73. The van der Waals surface area contributed by atoms with Gasteiger partial charge in [0.1, 0.15) is 5.69 Å². The summed E-state index contributed by atoms with van der Waals surface area (Å²) >= 11 is 9.08. The van der Waals surface area contributed by atoms with E-state index in [2.05, 4.69) is 22.6 Å². The Balaban J connectivity index is 3.19. The number of carbonyl (C=O) groups is 1. The topological polar surface area (TPSA) is 42.9 Å². The van der Waals surface area contributed by atoms with Gasteiger partial charge in [-0.1, -0.05) is 12.6 Å². The third kappa shape index (κ3) is 2.17. The van der Waals surface area contributed by atoms with E-state index in [-0.39, 0.29) is 11.0 Å². The second-order valence-electron chi connectivity index (χ2n) is 1.97. The fraction of sp³-hybridized carbons (Fsp3) is 0.167. The normalized spacial score (nSPS) is 9.73. The molecule has 0 amide bonds. The smallest absolute Gasteiger partial charge is 0.234 e. The van der Waals surface area contributed by atoms with Crippen molar-refractivity contribution in [3.05, 3.63) is 22.7 Å². The summed E-state index contributed by atoms with van der Waals surface area (Å²) < 4.78 is 0. The van der Waals surface area contributed by atoms with Gasteiger partial charge in [-0.15, -0.1) is 0 Å². The lowest BCUT2D eigenvalue weighted by Gasteiger charge is -1.95. The molecule has 1 heterocycles. The van der Waals surface area contributed by atoms with Crippen molar-refractivity contribution in [1.82, 2.24) is 9.97 Å². The van der Waals surface area contributed by atoms with Crippen LogP contribution in [0, 0.1) is 6.92 Å². The number of rotatable bonds is 1. The van der Waals surface area contributed by atoms with Gasteiger partial charge < -0.3 is 0 Å². The standard InChI is InChI=1S/C6H5ClN2OS/c1-3-2-4(5(10)11)9-6(7)8-3/h2H,1H3,(H,10,11). The number of carbonyl (C=O) groups excluding carboxylic acids is 1. The first kappa shape index (κ1) is 8.49. The van der Waals surface area contributed by atoms with E-state index in [1.54, 1.807) is 6.92 Å². The summed E-state index contributed by atoms with van der Waals surface area (Å²) in [7, 11) is 0. The van der Waals surface area contributed by atoms with Crippen LogP contribution in [0.15, 0.2) is 6.07 Å². The van der Waals surface area contributed by atoms with E-state index < -0.39 is 5.12 Å². The molecule has 0 radical (unpaired) electrons. The Labute approximate surface area is 74.2 Å². The van der Waals surface area contributed by atoms with E-state index in [1.165, 1.54) is 6.07 Å². The highest BCUT2D eigenvalue weighted by molar-refractivity contribution is 7.97. The highest BCUT2D eigenvalue weighted by Gasteiger charge is 2.04. The molecule has 3 nitrogen and oxygen atoms in total. The van der Waals surface area contributed by atoms with E-state index in [0.717, 1.165) is 0 Å². The maximum absolute atomic E-state index is 10.7. The van der Waals surface area contributed by atoms with E-state index in [4.69, 9.17) is 11.6 Å². The van der Waals surface area contributed by atoms with Crippen molar-refractivity contribution < 1.29 is 4.79 Å². The predicted molar refractivity (Wildman–Crippen MR) is 45.1 cm³/mol. The summed E-state index contributed by atoms with van der Waals surface area (Å²) in [5, 5.41) is -0.334. The van der Waals surface area contributed by atoms with Crippen LogP contribution in [0.1, 0.15) is 16.2 Å². The van der Waals surface area contributed by atoms with Crippen LogP contribution in [0.4, 0.5) is 0 Å². The van der Waals surface area contributed by atoms with Gasteiger partial charge in [0.25, 0.3) is 0 Å². The number of aromatic nitrogens is 2. The molecule has 0 saturated carbocycles. The number of hydrogen-bond donors (Lipinski definition) is 1. The third-order valence-corrected chi connectivity index (χ3v) is 1.44. The molecule has 11 heavy (non-hydrogen) atoms. The molecule has 1 aromatic rings. The quantitative estimate of drug-likeness (QED) is 0.537. The minimum absolute atomic E-state index is 0.0717. The molecule has 0 spiro atoms. The number of nitrogens with zero attached hydrogens (tertiary/aromatic N) is 2. The van der Waals surface area contributed by atoms with Crippen molar-refractivity contribution in [3.63, 3.8) is 0 Å². The van der Waals surface area contributed by atoms with Gasteiger partial charge in [0.05, 0.1) is 0 Å². The van der Waals surface area contributed by atoms with Crippen LogP contribution in [0.25, 0.3) is 0 Å². The van der Waals surface area contributed by atoms with Gasteiger partial charge in [-0.25, -0.2) is 9.97 Å². The molecule has 0 atom stereocenters. The zero-order valence-corrected chi connectivity index (χ0v) is 7.36. The van der Waals surface area contributed by atoms with E-state index in [1.807, 2.05) is 0 Å². The Morgan fingerprint density at radius 3 is 2.73 bits per heavy atom. The van der Waals surface area contributed by atoms with Gasteiger partial charge in [-0.3, -0.25) is 4.79 Å². The second-order valence-corrected chi connectivity index (χ2v) is 2.71. The lowest BCUT2D eigenvalue weighted by molar-refractivity contribution is 0.108. The zero-order valence-electron chi connectivity index (χ0n) is 5.71. The molecule has 58 valence electrons. The summed E-state index contributed by atoms with van der Waals surface area (Å²) in [5.74, 6) is 0. The van der Waals surface area contributed by atoms with E-state index in [0.29, 0.717) is 5.69 Å². The van der Waals surface area contributed by atoms with Crippen molar-refractivity contribution in [2.75, 3.05) is 0 Å². The van der Waals surface area contributed by atoms with Gasteiger partial charge in [-0.2, -0.15) is 0 Å². The summed E-state index contributed by atoms with van der Waals surface area (Å²) in [5.41, 5.74) is 0.883. The van der Waals surface area contributed by atoms with Crippen molar-refractivity contribution in [2.24, 2.45) is 0 Å². The van der Waals surface area contributed by atoms with Crippen LogP contribution < -0.4 is 0 Å². The maximum atomic E-state index is 10.7. The van der Waals surface area contributed by atoms with Crippen LogP contribution in [0.2, 0.25) is 5.28 Å². The van der Waals surface area contributed by atoms with Crippen LogP contribution in [0.3, 0.4) is 0 Å². The molecule has 0 fully saturated rings. The van der Waals surface area contributed by atoms with Gasteiger partial charge in [0.15, 0.2) is 0 Å². The Morgan fingerprint density at radius 1 is 1.64 bits per heavy atom. The second kappa shape index (κ2) is 3.19. The summed E-state index contributed by atoms with van der Waals surface area (Å²) in [6.07, 6.45) is 0. The Morgan fingerprint density at radius 2 is 2.27 bits per heavy atom. The molecule has 0 unspecified atom stereocenters. The molecule has 5 heteroatoms. The first-order valence-electron chi connectivity index (χ1n) is 2.84. The highest BCUT2D eigenvalue weighted by atomic mass is 35.5. The largest absolute Gasteiger partial charge is 0.280 e. The maximum Gasteiger partial charge on any atom is 0.234 e. The summed E-state index contributed by atoms with van der Waals surface area (Å²) in [4.78, 5) is 18.1. The van der Waals surface area contributed by atoms with Gasteiger partial charge in [0.2, 0.25) is 10.4 Å². The molecule has 0 N–H and O–H groups in total. The Kier molecular flexibility index (Phi) is 2.46. The SMILES string of the molecule is Cc1cc(C(=O)S)nc(Cl)n1. The van der Waals surface area contributed by atoms with Crippen LogP contribution in [-0.4, -0.2) is 15.1 Å². The zero-order chi connectivity index (χ0) is 8.43. The van der Waals surface area contributed by atoms with Crippen molar-refractivity contribution in [2.45, 2.75) is 6.92 Å². The molecular weight excluding hydrogens is 184 g/mol. The van der Waals surface area contributed by atoms with Crippen LogP contribution in [-0.2, 0) is 0 Å². The molecule has 1 aromatic heterocycles. The van der Waals surface area contributed by atoms with Gasteiger partial charge in [0, 0.05) is 5.69 Å².